The van der Waals surface area contributed by atoms with Crippen LogP contribution in [0.3, 0.4) is 0 Å². The van der Waals surface area contributed by atoms with Crippen LogP contribution < -0.4 is 5.32 Å². The minimum Gasteiger partial charge on any atom is -0.314 e. The van der Waals surface area contributed by atoms with Gasteiger partial charge in [-0.1, -0.05) is 36.9 Å². The molecule has 1 saturated heterocycles. The van der Waals surface area contributed by atoms with Crippen molar-refractivity contribution in [2.24, 2.45) is 5.92 Å². The Balaban J connectivity index is 1.83. The maximum atomic E-state index is 3.79. The van der Waals surface area contributed by atoms with Gasteiger partial charge in [-0.3, -0.25) is 0 Å². The number of hydrogen-bond donors (Lipinski definition) is 1. The normalized spacial score (nSPS) is 24.5. The van der Waals surface area contributed by atoms with Crippen LogP contribution in [-0.4, -0.2) is 12.6 Å². The highest BCUT2D eigenvalue weighted by Crippen LogP contribution is 2.22. The van der Waals surface area contributed by atoms with Gasteiger partial charge in [0.25, 0.3) is 0 Å². The van der Waals surface area contributed by atoms with Crippen LogP contribution in [0.2, 0.25) is 0 Å². The molecule has 18 heavy (non-hydrogen) atoms. The molecule has 1 aromatic carbocycles. The lowest BCUT2D eigenvalue weighted by Gasteiger charge is -2.17. The van der Waals surface area contributed by atoms with Gasteiger partial charge in [0.05, 0.1) is 0 Å². The highest BCUT2D eigenvalue weighted by Gasteiger charge is 2.16. The summed E-state index contributed by atoms with van der Waals surface area (Å²) in [6, 6.07) is 9.52. The van der Waals surface area contributed by atoms with Crippen LogP contribution in [0, 0.1) is 5.92 Å². The third-order valence-electron chi connectivity index (χ3n) is 4.03. The third kappa shape index (κ3) is 3.99. The Morgan fingerprint density at radius 3 is 2.83 bits per heavy atom. The van der Waals surface area contributed by atoms with Gasteiger partial charge in [0.15, 0.2) is 0 Å². The van der Waals surface area contributed by atoms with Gasteiger partial charge in [-0.05, 0) is 62.6 Å². The second-order valence-corrected chi connectivity index (χ2v) is 5.58. The predicted octanol–water partition coefficient (Wildman–Crippen LogP) is 4.04. The fraction of sp³-hybridized carbons (Fsp3) is 0.529. The number of hydrogen-bond acceptors (Lipinski definition) is 1. The molecule has 1 heterocycles. The highest BCUT2D eigenvalue weighted by molar-refractivity contribution is 5.47. The molecule has 1 aromatic rings. The highest BCUT2D eigenvalue weighted by atomic mass is 14.9. The molecule has 0 aromatic heterocycles. The first-order chi connectivity index (χ1) is 8.78. The quantitative estimate of drug-likeness (QED) is 0.841. The van der Waals surface area contributed by atoms with Crippen molar-refractivity contribution in [2.75, 3.05) is 6.54 Å². The van der Waals surface area contributed by atoms with Crippen LogP contribution in [0.15, 0.2) is 30.8 Å². The lowest BCUT2D eigenvalue weighted by molar-refractivity contribution is 0.403. The van der Waals surface area contributed by atoms with Crippen molar-refractivity contribution in [1.82, 2.24) is 5.32 Å². The molecule has 98 valence electrons. The number of aryl methyl sites for hydroxylation is 1. The van der Waals surface area contributed by atoms with E-state index in [0.717, 1.165) is 5.92 Å². The number of benzene rings is 1. The van der Waals surface area contributed by atoms with E-state index in [4.69, 9.17) is 0 Å². The van der Waals surface area contributed by atoms with Crippen LogP contribution in [-0.2, 0) is 6.42 Å². The van der Waals surface area contributed by atoms with Crippen LogP contribution in [0.25, 0.3) is 6.08 Å². The fourth-order valence-electron chi connectivity index (χ4n) is 2.89. The van der Waals surface area contributed by atoms with Crippen molar-refractivity contribution < 1.29 is 0 Å². The first-order valence-electron chi connectivity index (χ1n) is 7.22. The first-order valence-corrected chi connectivity index (χ1v) is 7.22. The van der Waals surface area contributed by atoms with Gasteiger partial charge in [-0.15, -0.1) is 0 Å². The van der Waals surface area contributed by atoms with Gasteiger partial charge < -0.3 is 5.32 Å². The monoisotopic (exact) mass is 243 g/mol. The zero-order chi connectivity index (χ0) is 12.8. The molecule has 0 spiro atoms. The molecule has 2 atom stereocenters. The topological polar surface area (TPSA) is 12.0 Å². The van der Waals surface area contributed by atoms with E-state index < -0.39 is 0 Å². The first kappa shape index (κ1) is 13.4. The Bertz CT molecular complexity index is 366. The van der Waals surface area contributed by atoms with Gasteiger partial charge in [0.2, 0.25) is 0 Å². The lowest BCUT2D eigenvalue weighted by atomic mass is 9.91. The molecule has 1 fully saturated rings. The van der Waals surface area contributed by atoms with E-state index in [1.807, 2.05) is 6.08 Å². The maximum Gasteiger partial charge on any atom is 0.00413 e. The van der Waals surface area contributed by atoms with Gasteiger partial charge in [-0.2, -0.15) is 0 Å². The van der Waals surface area contributed by atoms with Gasteiger partial charge in [-0.25, -0.2) is 0 Å². The van der Waals surface area contributed by atoms with Crippen LogP contribution in [0.5, 0.6) is 0 Å². The fourth-order valence-corrected chi connectivity index (χ4v) is 2.89. The summed E-state index contributed by atoms with van der Waals surface area (Å²) < 4.78 is 0. The summed E-state index contributed by atoms with van der Waals surface area (Å²) in [7, 11) is 0. The van der Waals surface area contributed by atoms with Crippen molar-refractivity contribution >= 4 is 6.08 Å². The van der Waals surface area contributed by atoms with E-state index in [1.165, 1.54) is 49.8 Å². The molecule has 0 saturated carbocycles. The third-order valence-corrected chi connectivity index (χ3v) is 4.03. The van der Waals surface area contributed by atoms with E-state index >= 15 is 0 Å². The largest absolute Gasteiger partial charge is 0.314 e. The van der Waals surface area contributed by atoms with E-state index in [0.29, 0.717) is 6.04 Å². The van der Waals surface area contributed by atoms with Gasteiger partial charge in [0.1, 0.15) is 0 Å². The van der Waals surface area contributed by atoms with E-state index in [1.54, 1.807) is 0 Å². The maximum absolute atomic E-state index is 3.79. The lowest BCUT2D eigenvalue weighted by Crippen LogP contribution is -2.25. The zero-order valence-electron chi connectivity index (χ0n) is 11.5. The van der Waals surface area contributed by atoms with Crippen molar-refractivity contribution in [1.29, 1.82) is 0 Å². The average Bonchev–Trinajstić information content (AvgIpc) is 2.61. The summed E-state index contributed by atoms with van der Waals surface area (Å²) in [6.07, 6.45) is 8.52. The van der Waals surface area contributed by atoms with Crippen molar-refractivity contribution in [2.45, 2.75) is 45.1 Å². The molecule has 1 heteroatoms. The minimum absolute atomic E-state index is 0.695. The number of rotatable bonds is 4. The summed E-state index contributed by atoms with van der Waals surface area (Å²) in [6.45, 7) is 7.31. The predicted molar refractivity (Wildman–Crippen MR) is 79.7 cm³/mol. The summed E-state index contributed by atoms with van der Waals surface area (Å²) in [5, 5.41) is 3.58. The van der Waals surface area contributed by atoms with Crippen molar-refractivity contribution in [3.63, 3.8) is 0 Å². The average molecular weight is 243 g/mol. The molecular formula is C17H25N. The second-order valence-electron chi connectivity index (χ2n) is 5.58. The van der Waals surface area contributed by atoms with E-state index in [9.17, 15) is 0 Å². The Hall–Kier alpha value is -1.08. The smallest absolute Gasteiger partial charge is 0.00413 e. The molecule has 1 N–H and O–H groups in total. The summed E-state index contributed by atoms with van der Waals surface area (Å²) in [5.41, 5.74) is 2.68. The molecule has 2 rings (SSSR count). The summed E-state index contributed by atoms with van der Waals surface area (Å²) in [5.74, 6) is 0.897. The van der Waals surface area contributed by atoms with Crippen LogP contribution >= 0.6 is 0 Å². The Labute approximate surface area is 111 Å². The molecule has 1 aliphatic rings. The van der Waals surface area contributed by atoms with E-state index in [-0.39, 0.29) is 0 Å². The SMILES string of the molecule is C=Cc1ccc(CCC2CCCNC(C)C2)cc1. The standard InChI is InChI=1S/C17H25N/c1-3-15-6-8-16(9-7-15)10-11-17-5-4-12-18-14(2)13-17/h3,6-9,14,17-18H,1,4-5,10-13H2,2H3. The molecule has 0 bridgehead atoms. The summed E-state index contributed by atoms with van der Waals surface area (Å²) >= 11 is 0. The van der Waals surface area contributed by atoms with Gasteiger partial charge in [0, 0.05) is 6.04 Å². The Morgan fingerprint density at radius 1 is 1.33 bits per heavy atom. The second kappa shape index (κ2) is 6.75. The number of nitrogens with one attached hydrogen (secondary N) is 1. The summed E-state index contributed by atoms with van der Waals surface area (Å²) in [4.78, 5) is 0. The van der Waals surface area contributed by atoms with Crippen molar-refractivity contribution in [3.8, 4) is 0 Å². The minimum atomic E-state index is 0.695. The van der Waals surface area contributed by atoms with Crippen LogP contribution in [0.4, 0.5) is 0 Å². The van der Waals surface area contributed by atoms with Gasteiger partial charge >= 0.3 is 0 Å². The van der Waals surface area contributed by atoms with Crippen molar-refractivity contribution in [3.05, 3.63) is 42.0 Å². The Morgan fingerprint density at radius 2 is 2.11 bits per heavy atom. The van der Waals surface area contributed by atoms with Crippen LogP contribution in [0.1, 0.15) is 43.7 Å². The molecule has 1 aliphatic heterocycles. The molecule has 1 nitrogen and oxygen atoms in total. The van der Waals surface area contributed by atoms with E-state index in [2.05, 4.69) is 43.1 Å². The Kier molecular flexibility index (Phi) is 5.00. The molecule has 0 radical (unpaired) electrons. The zero-order valence-corrected chi connectivity index (χ0v) is 11.5. The molecule has 2 unspecified atom stereocenters. The molecule has 0 amide bonds. The molecular weight excluding hydrogens is 218 g/mol. The molecule has 0 aliphatic carbocycles.